The van der Waals surface area contributed by atoms with E-state index in [1.54, 1.807) is 17.1 Å². The first-order chi connectivity index (χ1) is 15.8. The van der Waals surface area contributed by atoms with E-state index in [2.05, 4.69) is 20.8 Å². The number of rotatable bonds is 6. The van der Waals surface area contributed by atoms with Crippen LogP contribution in [-0.4, -0.2) is 24.7 Å². The lowest BCUT2D eigenvalue weighted by molar-refractivity contribution is 0.431. The van der Waals surface area contributed by atoms with E-state index in [0.29, 0.717) is 12.2 Å². The summed E-state index contributed by atoms with van der Waals surface area (Å²) in [6.07, 6.45) is 4.81. The topological polar surface area (TPSA) is 59.7 Å². The van der Waals surface area contributed by atoms with E-state index in [4.69, 9.17) is 12.2 Å². The van der Waals surface area contributed by atoms with Crippen molar-refractivity contribution in [3.63, 3.8) is 0 Å². The Balaban J connectivity index is 1.37. The summed E-state index contributed by atoms with van der Waals surface area (Å²) in [6, 6.07) is 9.67. The van der Waals surface area contributed by atoms with Gasteiger partial charge in [-0.2, -0.15) is 10.2 Å². The summed E-state index contributed by atoms with van der Waals surface area (Å²) in [7, 11) is 0. The molecule has 2 aromatic carbocycles. The molecule has 4 rings (SSSR count). The van der Waals surface area contributed by atoms with Gasteiger partial charge in [-0.05, 0) is 30.3 Å². The van der Waals surface area contributed by atoms with Gasteiger partial charge >= 0.3 is 0 Å². The molecule has 0 aliphatic rings. The number of thiocarbonyl (C=S) groups is 1. The van der Waals surface area contributed by atoms with E-state index in [1.165, 1.54) is 12.3 Å². The van der Waals surface area contributed by atoms with Crippen molar-refractivity contribution in [3.05, 3.63) is 94.9 Å². The molecule has 0 aliphatic carbocycles. The third-order valence-corrected chi connectivity index (χ3v) is 5.09. The molecule has 0 unspecified atom stereocenters. The fraction of sp³-hybridized carbons (Fsp3) is 0.136. The molecule has 0 bridgehead atoms. The highest BCUT2D eigenvalue weighted by Gasteiger charge is 2.19. The van der Waals surface area contributed by atoms with Gasteiger partial charge in [0, 0.05) is 24.5 Å². The molecule has 0 atom stereocenters. The minimum atomic E-state index is -1.47. The van der Waals surface area contributed by atoms with Crippen molar-refractivity contribution in [2.24, 2.45) is 0 Å². The molecule has 0 saturated heterocycles. The number of nitrogens with zero attached hydrogens (tertiary/aromatic N) is 4. The molecule has 33 heavy (non-hydrogen) atoms. The number of hydrogen-bond donors (Lipinski definition) is 2. The second-order valence-electron chi connectivity index (χ2n) is 7.28. The van der Waals surface area contributed by atoms with Gasteiger partial charge in [-0.3, -0.25) is 9.36 Å². The Kier molecular flexibility index (Phi) is 6.40. The van der Waals surface area contributed by atoms with Crippen LogP contribution in [0.4, 0.5) is 29.1 Å². The Morgan fingerprint density at radius 1 is 0.970 bits per heavy atom. The normalized spacial score (nSPS) is 10.9. The summed E-state index contributed by atoms with van der Waals surface area (Å²) in [5, 5.41) is 14.4. The van der Waals surface area contributed by atoms with Crippen molar-refractivity contribution in [3.8, 4) is 0 Å². The van der Waals surface area contributed by atoms with Crippen LogP contribution in [0, 0.1) is 30.2 Å². The van der Waals surface area contributed by atoms with Gasteiger partial charge in [-0.25, -0.2) is 17.6 Å². The maximum atomic E-state index is 13.9. The summed E-state index contributed by atoms with van der Waals surface area (Å²) >= 11 is 5.26. The molecule has 6 nitrogen and oxygen atoms in total. The lowest BCUT2D eigenvalue weighted by Gasteiger charge is -2.08. The van der Waals surface area contributed by atoms with Gasteiger partial charge < -0.3 is 10.6 Å². The molecule has 2 N–H and O–H groups in total. The van der Waals surface area contributed by atoms with Crippen LogP contribution in [0.5, 0.6) is 0 Å². The molecule has 0 amide bonds. The zero-order valence-corrected chi connectivity index (χ0v) is 18.1. The zero-order valence-electron chi connectivity index (χ0n) is 17.3. The average molecular weight is 474 g/mol. The van der Waals surface area contributed by atoms with Gasteiger partial charge in [0.1, 0.15) is 0 Å². The van der Waals surface area contributed by atoms with Gasteiger partial charge in [0.25, 0.3) is 0 Å². The standard InChI is InChI=1S/C22H18F4N6S/c1-13-4-2-3-5-14(13)10-32-11-15(9-27-32)28-22(33)29-19-6-7-31(30-19)12-16-20(25)17(23)8-18(24)21(16)26/h2-9,11H,10,12H2,1H3,(H2,28,29,30,33). The Hall–Kier alpha value is -3.73. The van der Waals surface area contributed by atoms with Crippen molar-refractivity contribution < 1.29 is 17.6 Å². The van der Waals surface area contributed by atoms with Crippen LogP contribution in [-0.2, 0) is 13.1 Å². The van der Waals surface area contributed by atoms with Crippen LogP contribution >= 0.6 is 12.2 Å². The highest BCUT2D eigenvalue weighted by molar-refractivity contribution is 7.80. The van der Waals surface area contributed by atoms with E-state index in [0.717, 1.165) is 15.8 Å². The second-order valence-corrected chi connectivity index (χ2v) is 7.69. The van der Waals surface area contributed by atoms with E-state index in [-0.39, 0.29) is 17.0 Å². The highest BCUT2D eigenvalue weighted by Crippen LogP contribution is 2.20. The fourth-order valence-corrected chi connectivity index (χ4v) is 3.42. The summed E-state index contributed by atoms with van der Waals surface area (Å²) < 4.78 is 57.4. The van der Waals surface area contributed by atoms with Crippen molar-refractivity contribution in [1.82, 2.24) is 19.6 Å². The number of benzene rings is 2. The molecule has 0 spiro atoms. The fourth-order valence-electron chi connectivity index (χ4n) is 3.20. The van der Waals surface area contributed by atoms with Gasteiger partial charge in [-0.1, -0.05) is 24.3 Å². The van der Waals surface area contributed by atoms with E-state index in [9.17, 15) is 17.6 Å². The average Bonchev–Trinajstić information content (AvgIpc) is 3.40. The van der Waals surface area contributed by atoms with Crippen LogP contribution in [0.1, 0.15) is 16.7 Å². The van der Waals surface area contributed by atoms with Crippen LogP contribution in [0.15, 0.2) is 55.0 Å². The number of aryl methyl sites for hydroxylation is 1. The number of nitrogens with one attached hydrogen (secondary N) is 2. The molecule has 0 fully saturated rings. The predicted molar refractivity (Wildman–Crippen MR) is 120 cm³/mol. The molecule has 4 aromatic rings. The molecule has 2 heterocycles. The third-order valence-electron chi connectivity index (χ3n) is 4.89. The summed E-state index contributed by atoms with van der Waals surface area (Å²) in [6.45, 7) is 2.14. The SMILES string of the molecule is Cc1ccccc1Cn1cc(NC(=S)Nc2ccn(Cc3c(F)c(F)cc(F)c3F)n2)cn1. The van der Waals surface area contributed by atoms with Crippen LogP contribution in [0.25, 0.3) is 0 Å². The first-order valence-electron chi connectivity index (χ1n) is 9.80. The highest BCUT2D eigenvalue weighted by atomic mass is 32.1. The first kappa shape index (κ1) is 22.5. The molecule has 0 radical (unpaired) electrons. The Morgan fingerprint density at radius 3 is 2.42 bits per heavy atom. The number of hydrogen-bond acceptors (Lipinski definition) is 3. The van der Waals surface area contributed by atoms with Gasteiger partial charge in [-0.15, -0.1) is 0 Å². The molecule has 2 aromatic heterocycles. The maximum absolute atomic E-state index is 13.9. The van der Waals surface area contributed by atoms with Crippen LogP contribution in [0.3, 0.4) is 0 Å². The van der Waals surface area contributed by atoms with Crippen molar-refractivity contribution in [2.75, 3.05) is 10.6 Å². The van der Waals surface area contributed by atoms with E-state index in [1.807, 2.05) is 31.2 Å². The summed E-state index contributed by atoms with van der Waals surface area (Å²) in [4.78, 5) is 0. The Morgan fingerprint density at radius 2 is 1.70 bits per heavy atom. The van der Waals surface area contributed by atoms with Crippen LogP contribution < -0.4 is 10.6 Å². The summed E-state index contributed by atoms with van der Waals surface area (Å²) in [5.41, 5.74) is 2.20. The second kappa shape index (κ2) is 9.41. The molecule has 11 heteroatoms. The Labute approximate surface area is 191 Å². The molecule has 170 valence electrons. The predicted octanol–water partition coefficient (Wildman–Crippen LogP) is 4.85. The molecular weight excluding hydrogens is 456 g/mol. The number of halogens is 4. The molecule has 0 saturated carbocycles. The van der Waals surface area contributed by atoms with E-state index >= 15 is 0 Å². The van der Waals surface area contributed by atoms with E-state index < -0.39 is 35.4 Å². The first-order valence-corrected chi connectivity index (χ1v) is 10.2. The largest absolute Gasteiger partial charge is 0.330 e. The number of anilines is 2. The van der Waals surface area contributed by atoms with Crippen LogP contribution in [0.2, 0.25) is 0 Å². The van der Waals surface area contributed by atoms with Crippen molar-refractivity contribution in [1.29, 1.82) is 0 Å². The zero-order chi connectivity index (χ0) is 23.5. The molecule has 0 aliphatic heterocycles. The molecular formula is C22H18F4N6S. The third kappa shape index (κ3) is 5.20. The lowest BCUT2D eigenvalue weighted by atomic mass is 10.1. The van der Waals surface area contributed by atoms with Gasteiger partial charge in [0.05, 0.1) is 30.5 Å². The van der Waals surface area contributed by atoms with Crippen molar-refractivity contribution in [2.45, 2.75) is 20.0 Å². The minimum Gasteiger partial charge on any atom is -0.330 e. The maximum Gasteiger partial charge on any atom is 0.176 e. The van der Waals surface area contributed by atoms with Gasteiger partial charge in [0.2, 0.25) is 0 Å². The smallest absolute Gasteiger partial charge is 0.176 e. The minimum absolute atomic E-state index is 0.164. The monoisotopic (exact) mass is 474 g/mol. The lowest BCUT2D eigenvalue weighted by Crippen LogP contribution is -2.19. The quantitative estimate of drug-likeness (QED) is 0.238. The Bertz CT molecular complexity index is 1290. The van der Waals surface area contributed by atoms with Crippen molar-refractivity contribution >= 4 is 28.8 Å². The number of aromatic nitrogens is 4. The van der Waals surface area contributed by atoms with Gasteiger partial charge in [0.15, 0.2) is 34.2 Å². The summed E-state index contributed by atoms with van der Waals surface area (Å²) in [5.74, 6) is -5.58.